The van der Waals surface area contributed by atoms with Crippen LogP contribution in [0.1, 0.15) is 33.1 Å². The van der Waals surface area contributed by atoms with E-state index in [1.54, 1.807) is 12.1 Å². The zero-order valence-electron chi connectivity index (χ0n) is 12.1. The lowest BCUT2D eigenvalue weighted by atomic mass is 10.1. The van der Waals surface area contributed by atoms with Gasteiger partial charge in [0, 0.05) is 17.4 Å². The number of halogens is 1. The maximum absolute atomic E-state index is 12.5. The molecule has 4 nitrogen and oxygen atoms in total. The number of carbonyl (C=O) groups is 2. The number of thioether (sulfide) groups is 1. The second kappa shape index (κ2) is 6.71. The van der Waals surface area contributed by atoms with Crippen molar-refractivity contribution in [1.82, 2.24) is 4.90 Å². The van der Waals surface area contributed by atoms with Crippen LogP contribution in [0.15, 0.2) is 23.1 Å². The summed E-state index contributed by atoms with van der Waals surface area (Å²) in [6.07, 6.45) is 1.83. The maximum atomic E-state index is 12.5. The largest absolute Gasteiger partial charge is 0.398 e. The molecule has 0 radical (unpaired) electrons. The van der Waals surface area contributed by atoms with Crippen molar-refractivity contribution >= 4 is 40.9 Å². The molecule has 0 aromatic heterocycles. The Bertz CT molecular complexity index is 561. The van der Waals surface area contributed by atoms with Gasteiger partial charge in [0.15, 0.2) is 0 Å². The maximum Gasteiger partial charge on any atom is 0.243 e. The Morgan fingerprint density at radius 2 is 2.05 bits per heavy atom. The summed E-state index contributed by atoms with van der Waals surface area (Å²) in [7, 11) is 0. The molecule has 1 aromatic rings. The fourth-order valence-electron chi connectivity index (χ4n) is 2.50. The number of nitrogen functional groups attached to an aromatic ring is 1. The minimum Gasteiger partial charge on any atom is -0.398 e. The standard InChI is InChI=1S/C15H19ClN2O2S/c1-3-9(4-2)18-14(19)8-13(15(18)20)21-10-5-6-12(17)11(16)7-10/h5-7,9,13H,3-4,8,17H2,1-2H3. The fraction of sp³-hybridized carbons (Fsp3) is 0.467. The third kappa shape index (κ3) is 3.35. The third-order valence-electron chi connectivity index (χ3n) is 3.70. The molecule has 0 aliphatic carbocycles. The van der Waals surface area contributed by atoms with Gasteiger partial charge in [-0.2, -0.15) is 0 Å². The molecule has 1 aliphatic heterocycles. The van der Waals surface area contributed by atoms with Crippen molar-refractivity contribution in [3.05, 3.63) is 23.2 Å². The van der Waals surface area contributed by atoms with Gasteiger partial charge in [-0.25, -0.2) is 0 Å². The van der Waals surface area contributed by atoms with E-state index in [0.717, 1.165) is 17.7 Å². The average molecular weight is 327 g/mol. The summed E-state index contributed by atoms with van der Waals surface area (Å²) in [6.45, 7) is 3.99. The molecule has 6 heteroatoms. The lowest BCUT2D eigenvalue weighted by Gasteiger charge is -2.24. The van der Waals surface area contributed by atoms with E-state index in [1.807, 2.05) is 19.9 Å². The van der Waals surface area contributed by atoms with Gasteiger partial charge in [-0.15, -0.1) is 11.8 Å². The van der Waals surface area contributed by atoms with Crippen LogP contribution in [0.5, 0.6) is 0 Å². The quantitative estimate of drug-likeness (QED) is 0.666. The molecule has 1 fully saturated rings. The topological polar surface area (TPSA) is 63.4 Å². The predicted octanol–water partition coefficient (Wildman–Crippen LogP) is 3.33. The molecule has 0 saturated carbocycles. The second-order valence-electron chi connectivity index (χ2n) is 5.07. The minimum atomic E-state index is -0.363. The molecular weight excluding hydrogens is 308 g/mol. The van der Waals surface area contributed by atoms with E-state index < -0.39 is 0 Å². The molecule has 1 unspecified atom stereocenters. The molecule has 1 aromatic carbocycles. The van der Waals surface area contributed by atoms with Gasteiger partial charge in [0.25, 0.3) is 0 Å². The number of nitrogens with zero attached hydrogens (tertiary/aromatic N) is 1. The molecule has 0 spiro atoms. The van der Waals surface area contributed by atoms with E-state index in [-0.39, 0.29) is 29.5 Å². The summed E-state index contributed by atoms with van der Waals surface area (Å²) in [5.74, 6) is -0.167. The number of anilines is 1. The Kier molecular flexibility index (Phi) is 5.17. The van der Waals surface area contributed by atoms with Crippen molar-refractivity contribution < 1.29 is 9.59 Å². The number of amides is 2. The van der Waals surface area contributed by atoms with Crippen molar-refractivity contribution in [3.8, 4) is 0 Å². The van der Waals surface area contributed by atoms with E-state index in [9.17, 15) is 9.59 Å². The lowest BCUT2D eigenvalue weighted by molar-refractivity contribution is -0.141. The predicted molar refractivity (Wildman–Crippen MR) is 86.3 cm³/mol. The summed E-state index contributed by atoms with van der Waals surface area (Å²) in [4.78, 5) is 26.9. The Labute approximate surface area is 134 Å². The summed E-state index contributed by atoms with van der Waals surface area (Å²) < 4.78 is 0. The van der Waals surface area contributed by atoms with Crippen molar-refractivity contribution in [2.45, 2.75) is 49.3 Å². The molecule has 2 rings (SSSR count). The number of hydrogen-bond acceptors (Lipinski definition) is 4. The number of rotatable bonds is 5. The summed E-state index contributed by atoms with van der Waals surface area (Å²) in [6, 6.07) is 5.28. The van der Waals surface area contributed by atoms with Crippen LogP contribution in [-0.2, 0) is 9.59 Å². The number of carbonyl (C=O) groups excluding carboxylic acids is 2. The van der Waals surface area contributed by atoms with E-state index in [2.05, 4.69) is 0 Å². The first-order chi connectivity index (χ1) is 9.97. The van der Waals surface area contributed by atoms with Crippen LogP contribution in [0.25, 0.3) is 0 Å². The second-order valence-corrected chi connectivity index (χ2v) is 6.75. The third-order valence-corrected chi connectivity index (χ3v) is 5.21. The highest BCUT2D eigenvalue weighted by atomic mass is 35.5. The summed E-state index contributed by atoms with van der Waals surface area (Å²) in [5, 5.41) is 0.103. The molecule has 1 saturated heterocycles. The highest BCUT2D eigenvalue weighted by Gasteiger charge is 2.41. The number of nitrogens with two attached hydrogens (primary N) is 1. The molecule has 21 heavy (non-hydrogen) atoms. The van der Waals surface area contributed by atoms with E-state index in [1.165, 1.54) is 16.7 Å². The van der Waals surface area contributed by atoms with Crippen LogP contribution in [0.2, 0.25) is 5.02 Å². The van der Waals surface area contributed by atoms with Gasteiger partial charge in [0.2, 0.25) is 11.8 Å². The Balaban J connectivity index is 2.13. The molecule has 2 amide bonds. The molecule has 1 aliphatic rings. The van der Waals surface area contributed by atoms with Gasteiger partial charge in [0.1, 0.15) is 0 Å². The molecule has 1 atom stereocenters. The molecule has 0 bridgehead atoms. The zero-order valence-corrected chi connectivity index (χ0v) is 13.7. The average Bonchev–Trinajstić information content (AvgIpc) is 2.72. The van der Waals surface area contributed by atoms with Gasteiger partial charge in [0.05, 0.1) is 16.0 Å². The number of likely N-dealkylation sites (tertiary alicyclic amines) is 1. The number of benzene rings is 1. The van der Waals surface area contributed by atoms with Gasteiger partial charge >= 0.3 is 0 Å². The number of imide groups is 1. The van der Waals surface area contributed by atoms with Crippen LogP contribution in [-0.4, -0.2) is 28.0 Å². The van der Waals surface area contributed by atoms with Crippen LogP contribution >= 0.6 is 23.4 Å². The highest BCUT2D eigenvalue weighted by Crippen LogP contribution is 2.35. The molecule has 114 valence electrons. The van der Waals surface area contributed by atoms with Crippen LogP contribution < -0.4 is 5.73 Å². The van der Waals surface area contributed by atoms with E-state index in [0.29, 0.717) is 10.7 Å². The Morgan fingerprint density at radius 1 is 1.38 bits per heavy atom. The number of hydrogen-bond donors (Lipinski definition) is 1. The van der Waals surface area contributed by atoms with Gasteiger partial charge < -0.3 is 5.73 Å². The molecule has 2 N–H and O–H groups in total. The van der Waals surface area contributed by atoms with E-state index >= 15 is 0 Å². The summed E-state index contributed by atoms with van der Waals surface area (Å²) in [5.41, 5.74) is 6.18. The van der Waals surface area contributed by atoms with Crippen molar-refractivity contribution in [3.63, 3.8) is 0 Å². The SMILES string of the molecule is CCC(CC)N1C(=O)CC(Sc2ccc(N)c(Cl)c2)C1=O. The Hall–Kier alpha value is -1.20. The molecular formula is C15H19ClN2O2S. The minimum absolute atomic E-state index is 0.00519. The van der Waals surface area contributed by atoms with Crippen LogP contribution in [0.4, 0.5) is 5.69 Å². The molecule has 1 heterocycles. The van der Waals surface area contributed by atoms with E-state index in [4.69, 9.17) is 17.3 Å². The first-order valence-corrected chi connectivity index (χ1v) is 8.31. The fourth-order valence-corrected chi connectivity index (χ4v) is 3.84. The van der Waals surface area contributed by atoms with Crippen LogP contribution in [0.3, 0.4) is 0 Å². The lowest BCUT2D eigenvalue weighted by Crippen LogP contribution is -2.40. The summed E-state index contributed by atoms with van der Waals surface area (Å²) >= 11 is 7.36. The van der Waals surface area contributed by atoms with Gasteiger partial charge in [-0.3, -0.25) is 14.5 Å². The monoisotopic (exact) mass is 326 g/mol. The highest BCUT2D eigenvalue weighted by molar-refractivity contribution is 8.00. The van der Waals surface area contributed by atoms with Crippen molar-refractivity contribution in [2.75, 3.05) is 5.73 Å². The van der Waals surface area contributed by atoms with Crippen molar-refractivity contribution in [1.29, 1.82) is 0 Å². The van der Waals surface area contributed by atoms with Gasteiger partial charge in [-0.1, -0.05) is 25.4 Å². The van der Waals surface area contributed by atoms with Crippen LogP contribution in [0, 0.1) is 0 Å². The zero-order chi connectivity index (χ0) is 15.6. The van der Waals surface area contributed by atoms with Gasteiger partial charge in [-0.05, 0) is 31.0 Å². The van der Waals surface area contributed by atoms with Crippen molar-refractivity contribution in [2.24, 2.45) is 0 Å². The first kappa shape index (κ1) is 16.2. The smallest absolute Gasteiger partial charge is 0.243 e. The Morgan fingerprint density at radius 3 is 2.62 bits per heavy atom. The first-order valence-electron chi connectivity index (χ1n) is 7.05. The normalized spacial score (nSPS) is 18.9.